The molecule has 2 atom stereocenters. The molecule has 1 aliphatic rings. The molecule has 1 aliphatic carbocycles. The Morgan fingerprint density at radius 2 is 2.27 bits per heavy atom. The third-order valence-corrected chi connectivity index (χ3v) is 3.28. The van der Waals surface area contributed by atoms with Gasteiger partial charge in [-0.2, -0.15) is 0 Å². The first-order chi connectivity index (χ1) is 7.35. The third-order valence-electron chi connectivity index (χ3n) is 3.28. The maximum atomic E-state index is 9.17. The molecule has 0 heterocycles. The molecule has 0 fully saturated rings. The average Bonchev–Trinajstić information content (AvgIpc) is 2.69. The fraction of sp³-hybridized carbons (Fsp3) is 0.538. The summed E-state index contributed by atoms with van der Waals surface area (Å²) in [6.07, 6.45) is 3.31. The van der Waals surface area contributed by atoms with E-state index in [4.69, 9.17) is 0 Å². The van der Waals surface area contributed by atoms with Crippen molar-refractivity contribution in [3.05, 3.63) is 35.4 Å². The molecule has 1 aromatic rings. The lowest BCUT2D eigenvalue weighted by Crippen LogP contribution is -2.34. The number of fused-ring (bicyclic) bond motifs is 1. The predicted molar refractivity (Wildman–Crippen MR) is 61.8 cm³/mol. The minimum atomic E-state index is 0.231. The molecule has 0 amide bonds. The smallest absolute Gasteiger partial charge is 0.0584 e. The van der Waals surface area contributed by atoms with Crippen LogP contribution in [0.15, 0.2) is 24.3 Å². The topological polar surface area (TPSA) is 32.3 Å². The number of nitrogens with one attached hydrogen (secondary N) is 1. The van der Waals surface area contributed by atoms with Crippen LogP contribution in [0.3, 0.4) is 0 Å². The summed E-state index contributed by atoms with van der Waals surface area (Å²) in [5.41, 5.74) is 2.88. The van der Waals surface area contributed by atoms with Crippen molar-refractivity contribution < 1.29 is 5.11 Å². The molecule has 0 aliphatic heterocycles. The summed E-state index contributed by atoms with van der Waals surface area (Å²) in [6, 6.07) is 9.28. The van der Waals surface area contributed by atoms with Crippen LogP contribution in [0, 0.1) is 0 Å². The molecule has 2 heteroatoms. The highest BCUT2D eigenvalue weighted by Gasteiger charge is 2.23. The van der Waals surface area contributed by atoms with Gasteiger partial charge in [0, 0.05) is 12.1 Å². The Morgan fingerprint density at radius 3 is 3.00 bits per heavy atom. The van der Waals surface area contributed by atoms with Gasteiger partial charge >= 0.3 is 0 Å². The van der Waals surface area contributed by atoms with Crippen LogP contribution in [0.25, 0.3) is 0 Å². The van der Waals surface area contributed by atoms with E-state index in [0.29, 0.717) is 6.04 Å². The monoisotopic (exact) mass is 205 g/mol. The Balaban J connectivity index is 2.07. The van der Waals surface area contributed by atoms with E-state index >= 15 is 0 Å². The fourth-order valence-electron chi connectivity index (χ4n) is 2.31. The maximum absolute atomic E-state index is 9.17. The van der Waals surface area contributed by atoms with E-state index in [9.17, 15) is 5.11 Å². The summed E-state index contributed by atoms with van der Waals surface area (Å²) in [5, 5.41) is 12.7. The molecule has 2 N–H and O–H groups in total. The molecule has 15 heavy (non-hydrogen) atoms. The second-order valence-electron chi connectivity index (χ2n) is 4.24. The summed E-state index contributed by atoms with van der Waals surface area (Å²) < 4.78 is 0. The number of aryl methyl sites for hydroxylation is 1. The molecule has 82 valence electrons. The number of rotatable bonds is 4. The number of hydrogen-bond acceptors (Lipinski definition) is 2. The van der Waals surface area contributed by atoms with Gasteiger partial charge in [0.1, 0.15) is 0 Å². The Bertz CT molecular complexity index is 320. The van der Waals surface area contributed by atoms with Crippen LogP contribution >= 0.6 is 0 Å². The van der Waals surface area contributed by atoms with E-state index in [2.05, 4.69) is 36.5 Å². The van der Waals surface area contributed by atoms with Crippen LogP contribution in [0.5, 0.6) is 0 Å². The SMILES string of the molecule is CCC(CO)NC1CCc2ccccc21. The summed E-state index contributed by atoms with van der Waals surface area (Å²) in [6.45, 7) is 2.34. The minimum Gasteiger partial charge on any atom is -0.395 e. The van der Waals surface area contributed by atoms with Crippen molar-refractivity contribution >= 4 is 0 Å². The van der Waals surface area contributed by atoms with Crippen LogP contribution < -0.4 is 5.32 Å². The van der Waals surface area contributed by atoms with Gasteiger partial charge < -0.3 is 10.4 Å². The average molecular weight is 205 g/mol. The maximum Gasteiger partial charge on any atom is 0.0584 e. The van der Waals surface area contributed by atoms with Crippen LogP contribution in [-0.4, -0.2) is 17.8 Å². The largest absolute Gasteiger partial charge is 0.395 e. The number of aliphatic hydroxyl groups excluding tert-OH is 1. The highest BCUT2D eigenvalue weighted by Crippen LogP contribution is 2.31. The number of aliphatic hydroxyl groups is 1. The fourth-order valence-corrected chi connectivity index (χ4v) is 2.31. The summed E-state index contributed by atoms with van der Waals surface area (Å²) >= 11 is 0. The molecule has 0 saturated carbocycles. The molecule has 2 nitrogen and oxygen atoms in total. The molecule has 0 radical (unpaired) electrons. The van der Waals surface area contributed by atoms with Gasteiger partial charge in [-0.3, -0.25) is 0 Å². The summed E-state index contributed by atoms with van der Waals surface area (Å²) in [5.74, 6) is 0. The lowest BCUT2D eigenvalue weighted by molar-refractivity contribution is 0.227. The predicted octanol–water partition coefficient (Wildman–Crippen LogP) is 2.03. The van der Waals surface area contributed by atoms with Crippen LogP contribution in [0.2, 0.25) is 0 Å². The van der Waals surface area contributed by atoms with Crippen molar-refractivity contribution in [1.82, 2.24) is 5.32 Å². The van der Waals surface area contributed by atoms with Crippen molar-refractivity contribution in [3.63, 3.8) is 0 Å². The number of hydrogen-bond donors (Lipinski definition) is 2. The lowest BCUT2D eigenvalue weighted by Gasteiger charge is -2.20. The number of benzene rings is 1. The second kappa shape index (κ2) is 4.77. The first-order valence-electron chi connectivity index (χ1n) is 5.80. The van der Waals surface area contributed by atoms with E-state index in [-0.39, 0.29) is 12.6 Å². The van der Waals surface area contributed by atoms with Gasteiger partial charge in [-0.05, 0) is 30.4 Å². The molecule has 0 spiro atoms. The van der Waals surface area contributed by atoms with E-state index in [1.54, 1.807) is 0 Å². The molecule has 0 saturated heterocycles. The van der Waals surface area contributed by atoms with Crippen molar-refractivity contribution in [2.24, 2.45) is 0 Å². The summed E-state index contributed by atoms with van der Waals surface area (Å²) in [4.78, 5) is 0. The highest BCUT2D eigenvalue weighted by atomic mass is 16.3. The van der Waals surface area contributed by atoms with Crippen LogP contribution in [-0.2, 0) is 6.42 Å². The van der Waals surface area contributed by atoms with E-state index in [0.717, 1.165) is 19.3 Å². The Morgan fingerprint density at radius 1 is 1.47 bits per heavy atom. The molecule has 0 aromatic heterocycles. The van der Waals surface area contributed by atoms with Crippen LogP contribution in [0.1, 0.15) is 36.9 Å². The Labute approximate surface area is 91.3 Å². The lowest BCUT2D eigenvalue weighted by atomic mass is 10.1. The standard InChI is InChI=1S/C13H19NO/c1-2-11(9-15)14-13-8-7-10-5-3-4-6-12(10)13/h3-6,11,13-15H,2,7-9H2,1H3. The highest BCUT2D eigenvalue weighted by molar-refractivity contribution is 5.34. The van der Waals surface area contributed by atoms with Crippen molar-refractivity contribution in [2.45, 2.75) is 38.3 Å². The van der Waals surface area contributed by atoms with E-state index < -0.39 is 0 Å². The quantitative estimate of drug-likeness (QED) is 0.788. The molecular formula is C13H19NO. The zero-order valence-corrected chi connectivity index (χ0v) is 9.24. The van der Waals surface area contributed by atoms with Gasteiger partial charge in [0.05, 0.1) is 6.61 Å². The molecule has 2 rings (SSSR count). The minimum absolute atomic E-state index is 0.231. The van der Waals surface area contributed by atoms with Gasteiger partial charge in [-0.25, -0.2) is 0 Å². The molecule has 1 aromatic carbocycles. The molecular weight excluding hydrogens is 186 g/mol. The Kier molecular flexibility index (Phi) is 3.39. The van der Waals surface area contributed by atoms with Gasteiger partial charge in [0.25, 0.3) is 0 Å². The first-order valence-corrected chi connectivity index (χ1v) is 5.80. The van der Waals surface area contributed by atoms with Gasteiger partial charge in [-0.15, -0.1) is 0 Å². The van der Waals surface area contributed by atoms with E-state index in [1.807, 2.05) is 0 Å². The zero-order chi connectivity index (χ0) is 10.7. The molecule has 0 bridgehead atoms. The van der Waals surface area contributed by atoms with Crippen molar-refractivity contribution in [3.8, 4) is 0 Å². The van der Waals surface area contributed by atoms with Gasteiger partial charge in [-0.1, -0.05) is 31.2 Å². The van der Waals surface area contributed by atoms with Gasteiger partial charge in [0.15, 0.2) is 0 Å². The van der Waals surface area contributed by atoms with Crippen LogP contribution in [0.4, 0.5) is 0 Å². The van der Waals surface area contributed by atoms with Crippen molar-refractivity contribution in [1.29, 1.82) is 0 Å². The third kappa shape index (κ3) is 2.21. The first kappa shape index (κ1) is 10.7. The van der Waals surface area contributed by atoms with E-state index in [1.165, 1.54) is 11.1 Å². The zero-order valence-electron chi connectivity index (χ0n) is 9.24. The Hall–Kier alpha value is -0.860. The van der Waals surface area contributed by atoms with Crippen molar-refractivity contribution in [2.75, 3.05) is 6.61 Å². The second-order valence-corrected chi connectivity index (χ2v) is 4.24. The normalized spacial score (nSPS) is 21.3. The summed E-state index contributed by atoms with van der Waals surface area (Å²) in [7, 11) is 0. The molecule has 2 unspecified atom stereocenters. The van der Waals surface area contributed by atoms with Gasteiger partial charge in [0.2, 0.25) is 0 Å².